The van der Waals surface area contributed by atoms with Crippen molar-refractivity contribution in [1.29, 1.82) is 0 Å². The van der Waals surface area contributed by atoms with Crippen LogP contribution in [0.25, 0.3) is 11.0 Å². The van der Waals surface area contributed by atoms with E-state index >= 15 is 0 Å². The van der Waals surface area contributed by atoms with Crippen LogP contribution in [0.4, 0.5) is 0 Å². The number of nitrogens with zero attached hydrogens (tertiary/aromatic N) is 4. The van der Waals surface area contributed by atoms with Crippen molar-refractivity contribution in [1.82, 2.24) is 24.7 Å². The second-order valence-corrected chi connectivity index (χ2v) is 6.37. The van der Waals surface area contributed by atoms with Crippen LogP contribution in [0.2, 0.25) is 0 Å². The Kier molecular flexibility index (Phi) is 5.27. The molecule has 1 aromatic heterocycles. The third kappa shape index (κ3) is 3.72. The van der Waals surface area contributed by atoms with Crippen molar-refractivity contribution < 1.29 is 5.11 Å². The topological polar surface area (TPSA) is 56.6 Å². The van der Waals surface area contributed by atoms with Gasteiger partial charge in [0.2, 0.25) is 0 Å². The van der Waals surface area contributed by atoms with Crippen molar-refractivity contribution in [2.75, 3.05) is 52.9 Å². The maximum Gasteiger partial charge on any atom is 0.0955 e. The Bertz CT molecular complexity index is 635. The van der Waals surface area contributed by atoms with Crippen molar-refractivity contribution >= 4 is 11.0 Å². The first-order valence-corrected chi connectivity index (χ1v) is 8.34. The number of aliphatic hydroxyl groups excluding tert-OH is 1. The zero-order chi connectivity index (χ0) is 16.2. The van der Waals surface area contributed by atoms with Crippen LogP contribution in [-0.4, -0.2) is 77.4 Å². The molecule has 1 aliphatic heterocycles. The molecule has 0 aliphatic carbocycles. The van der Waals surface area contributed by atoms with Gasteiger partial charge in [0.05, 0.1) is 24.0 Å². The highest BCUT2D eigenvalue weighted by molar-refractivity contribution is 5.76. The lowest BCUT2D eigenvalue weighted by molar-refractivity contribution is 0.130. The number of aryl methyl sites for hydroxylation is 1. The fourth-order valence-corrected chi connectivity index (χ4v) is 3.31. The molecule has 0 saturated carbocycles. The van der Waals surface area contributed by atoms with E-state index in [0.717, 1.165) is 43.8 Å². The van der Waals surface area contributed by atoms with Gasteiger partial charge in [-0.05, 0) is 24.7 Å². The Balaban J connectivity index is 1.85. The SMILES string of the molecule is CN(CCO)C(CN1CCNCC1)c1ccc2c(c1)ncn2C. The number of aliphatic hydroxyl groups is 1. The van der Waals surface area contributed by atoms with Gasteiger partial charge in [-0.3, -0.25) is 9.80 Å². The van der Waals surface area contributed by atoms with E-state index in [2.05, 4.69) is 45.3 Å². The molecule has 1 aromatic carbocycles. The number of hydrogen-bond donors (Lipinski definition) is 2. The quantitative estimate of drug-likeness (QED) is 0.810. The van der Waals surface area contributed by atoms with E-state index in [0.29, 0.717) is 6.54 Å². The predicted molar refractivity (Wildman–Crippen MR) is 92.5 cm³/mol. The molecule has 6 heteroatoms. The molecule has 126 valence electrons. The first-order valence-electron chi connectivity index (χ1n) is 8.34. The third-order valence-electron chi connectivity index (χ3n) is 4.76. The number of imidazole rings is 1. The first kappa shape index (κ1) is 16.4. The van der Waals surface area contributed by atoms with E-state index in [9.17, 15) is 5.11 Å². The molecule has 2 heterocycles. The smallest absolute Gasteiger partial charge is 0.0955 e. The standard InChI is InChI=1S/C17H27N5O/c1-20(9-10-23)17(12-22-7-5-18-6-8-22)14-3-4-16-15(11-14)19-13-21(16)2/h3-4,11,13,17-18,23H,5-10,12H2,1-2H3. The van der Waals surface area contributed by atoms with Crippen LogP contribution in [0.5, 0.6) is 0 Å². The lowest BCUT2D eigenvalue weighted by atomic mass is 10.0. The molecular formula is C17H27N5O. The summed E-state index contributed by atoms with van der Waals surface area (Å²) in [5, 5.41) is 12.7. The van der Waals surface area contributed by atoms with Crippen molar-refractivity contribution in [2.24, 2.45) is 7.05 Å². The molecule has 0 radical (unpaired) electrons. The molecule has 2 N–H and O–H groups in total. The summed E-state index contributed by atoms with van der Waals surface area (Å²) in [5.41, 5.74) is 3.46. The maximum absolute atomic E-state index is 9.33. The van der Waals surface area contributed by atoms with Crippen molar-refractivity contribution in [2.45, 2.75) is 6.04 Å². The van der Waals surface area contributed by atoms with E-state index in [4.69, 9.17) is 0 Å². The van der Waals surface area contributed by atoms with E-state index in [1.807, 2.05) is 17.9 Å². The van der Waals surface area contributed by atoms with Gasteiger partial charge >= 0.3 is 0 Å². The molecule has 1 unspecified atom stereocenters. The summed E-state index contributed by atoms with van der Waals surface area (Å²) in [5.74, 6) is 0. The molecule has 23 heavy (non-hydrogen) atoms. The predicted octanol–water partition coefficient (Wildman–Crippen LogP) is 0.444. The van der Waals surface area contributed by atoms with Crippen molar-refractivity contribution in [3.63, 3.8) is 0 Å². The van der Waals surface area contributed by atoms with Gasteiger partial charge in [-0.25, -0.2) is 4.98 Å². The van der Waals surface area contributed by atoms with E-state index < -0.39 is 0 Å². The summed E-state index contributed by atoms with van der Waals surface area (Å²) in [7, 11) is 4.11. The Morgan fingerprint density at radius 3 is 2.87 bits per heavy atom. The van der Waals surface area contributed by atoms with Crippen LogP contribution in [0.15, 0.2) is 24.5 Å². The van der Waals surface area contributed by atoms with Crippen LogP contribution in [0.1, 0.15) is 11.6 Å². The highest BCUT2D eigenvalue weighted by atomic mass is 16.3. The minimum Gasteiger partial charge on any atom is -0.395 e. The van der Waals surface area contributed by atoms with Crippen LogP contribution in [0.3, 0.4) is 0 Å². The van der Waals surface area contributed by atoms with E-state index in [-0.39, 0.29) is 12.6 Å². The van der Waals surface area contributed by atoms with Crippen LogP contribution in [-0.2, 0) is 7.05 Å². The normalized spacial score (nSPS) is 17.9. The number of nitrogens with one attached hydrogen (secondary N) is 1. The van der Waals surface area contributed by atoms with Crippen molar-refractivity contribution in [3.8, 4) is 0 Å². The number of piperazine rings is 1. The average molecular weight is 317 g/mol. The largest absolute Gasteiger partial charge is 0.395 e. The van der Waals surface area contributed by atoms with Gasteiger partial charge in [0.15, 0.2) is 0 Å². The fraction of sp³-hybridized carbons (Fsp3) is 0.588. The molecule has 0 bridgehead atoms. The summed E-state index contributed by atoms with van der Waals surface area (Å²) < 4.78 is 2.04. The molecule has 6 nitrogen and oxygen atoms in total. The minimum atomic E-state index is 0.181. The molecule has 1 atom stereocenters. The fourth-order valence-electron chi connectivity index (χ4n) is 3.31. The van der Waals surface area contributed by atoms with Crippen LogP contribution in [0, 0.1) is 0 Å². The van der Waals surface area contributed by atoms with Gasteiger partial charge < -0.3 is 15.0 Å². The Hall–Kier alpha value is -1.47. The monoisotopic (exact) mass is 317 g/mol. The second-order valence-electron chi connectivity index (χ2n) is 6.37. The molecule has 1 fully saturated rings. The van der Waals surface area contributed by atoms with Gasteiger partial charge in [0, 0.05) is 52.4 Å². The second kappa shape index (κ2) is 7.40. The average Bonchev–Trinajstić information content (AvgIpc) is 2.94. The number of aromatic nitrogens is 2. The number of benzene rings is 1. The Labute approximate surface area is 137 Å². The highest BCUT2D eigenvalue weighted by Crippen LogP contribution is 2.24. The maximum atomic E-state index is 9.33. The van der Waals surface area contributed by atoms with Gasteiger partial charge in [-0.15, -0.1) is 0 Å². The zero-order valence-electron chi connectivity index (χ0n) is 14.1. The summed E-state index contributed by atoms with van der Waals surface area (Å²) in [6.45, 7) is 6.10. The van der Waals surface area contributed by atoms with Crippen molar-refractivity contribution in [3.05, 3.63) is 30.1 Å². The Morgan fingerprint density at radius 2 is 2.13 bits per heavy atom. The number of rotatable bonds is 6. The molecule has 1 aliphatic rings. The lowest BCUT2D eigenvalue weighted by Gasteiger charge is -2.35. The molecule has 0 amide bonds. The molecular weight excluding hydrogens is 290 g/mol. The van der Waals surface area contributed by atoms with E-state index in [1.54, 1.807) is 0 Å². The number of hydrogen-bond acceptors (Lipinski definition) is 5. The molecule has 1 saturated heterocycles. The van der Waals surface area contributed by atoms with Gasteiger partial charge in [-0.2, -0.15) is 0 Å². The minimum absolute atomic E-state index is 0.181. The number of fused-ring (bicyclic) bond motifs is 1. The number of likely N-dealkylation sites (N-methyl/N-ethyl adjacent to an activating group) is 1. The molecule has 2 aromatic rings. The van der Waals surface area contributed by atoms with E-state index in [1.165, 1.54) is 5.56 Å². The summed E-state index contributed by atoms with van der Waals surface area (Å²) >= 11 is 0. The third-order valence-corrected chi connectivity index (χ3v) is 4.76. The zero-order valence-corrected chi connectivity index (χ0v) is 14.1. The summed E-state index contributed by atoms with van der Waals surface area (Å²) in [6.07, 6.45) is 1.86. The van der Waals surface area contributed by atoms with Gasteiger partial charge in [-0.1, -0.05) is 6.07 Å². The van der Waals surface area contributed by atoms with Crippen LogP contribution >= 0.6 is 0 Å². The Morgan fingerprint density at radius 1 is 1.35 bits per heavy atom. The molecule has 3 rings (SSSR count). The van der Waals surface area contributed by atoms with Crippen LogP contribution < -0.4 is 5.32 Å². The highest BCUT2D eigenvalue weighted by Gasteiger charge is 2.22. The molecule has 0 spiro atoms. The van der Waals surface area contributed by atoms with Gasteiger partial charge in [0.25, 0.3) is 0 Å². The lowest BCUT2D eigenvalue weighted by Crippen LogP contribution is -2.47. The summed E-state index contributed by atoms with van der Waals surface area (Å²) in [6, 6.07) is 6.81. The summed E-state index contributed by atoms with van der Waals surface area (Å²) in [4.78, 5) is 9.22. The van der Waals surface area contributed by atoms with Gasteiger partial charge in [0.1, 0.15) is 0 Å². The first-order chi connectivity index (χ1) is 11.2.